The maximum atomic E-state index is 11.8. The predicted molar refractivity (Wildman–Crippen MR) is 92.1 cm³/mol. The molecule has 5 heteroatoms. The smallest absolute Gasteiger partial charge is 0.309 e. The summed E-state index contributed by atoms with van der Waals surface area (Å²) in [4.78, 5) is 22.6. The van der Waals surface area contributed by atoms with Crippen LogP contribution in [0.2, 0.25) is 0 Å². The summed E-state index contributed by atoms with van der Waals surface area (Å²) in [7, 11) is 0. The van der Waals surface area contributed by atoms with Crippen molar-refractivity contribution in [1.29, 1.82) is 0 Å². The molecule has 23 heavy (non-hydrogen) atoms. The van der Waals surface area contributed by atoms with Gasteiger partial charge in [0.1, 0.15) is 6.61 Å². The van der Waals surface area contributed by atoms with Crippen LogP contribution in [0.15, 0.2) is 12.2 Å². The zero-order valence-electron chi connectivity index (χ0n) is 14.5. The normalized spacial score (nSPS) is 12.4. The largest absolute Gasteiger partial charge is 0.481 e. The van der Waals surface area contributed by atoms with E-state index in [1.54, 1.807) is 0 Å². The van der Waals surface area contributed by atoms with Gasteiger partial charge in [-0.3, -0.25) is 9.59 Å². The number of carboxylic acids is 1. The van der Waals surface area contributed by atoms with Gasteiger partial charge >= 0.3 is 11.9 Å². The van der Waals surface area contributed by atoms with Gasteiger partial charge in [0.15, 0.2) is 0 Å². The molecule has 0 radical (unpaired) electrons. The number of nitrogens with two attached hydrogens (primary N) is 1. The lowest BCUT2D eigenvalue weighted by molar-refractivity contribution is -0.152. The van der Waals surface area contributed by atoms with Crippen LogP contribution in [0.25, 0.3) is 0 Å². The van der Waals surface area contributed by atoms with Gasteiger partial charge in [0, 0.05) is 6.54 Å². The van der Waals surface area contributed by atoms with E-state index < -0.39 is 17.9 Å². The number of aliphatic carboxylic acids is 1. The summed E-state index contributed by atoms with van der Waals surface area (Å²) in [5.41, 5.74) is 5.28. The van der Waals surface area contributed by atoms with Crippen molar-refractivity contribution in [3.63, 3.8) is 0 Å². The lowest BCUT2D eigenvalue weighted by Gasteiger charge is -2.11. The highest BCUT2D eigenvalue weighted by molar-refractivity contribution is 5.79. The van der Waals surface area contributed by atoms with Crippen LogP contribution in [0.4, 0.5) is 0 Å². The van der Waals surface area contributed by atoms with Gasteiger partial charge in [-0.15, -0.1) is 0 Å². The monoisotopic (exact) mass is 327 g/mol. The highest BCUT2D eigenvalue weighted by Gasteiger charge is 2.21. The molecular formula is C18H33NO4. The van der Waals surface area contributed by atoms with Crippen LogP contribution in [0.1, 0.15) is 71.1 Å². The number of rotatable bonds is 15. The van der Waals surface area contributed by atoms with E-state index in [4.69, 9.17) is 15.6 Å². The Hall–Kier alpha value is -1.36. The first-order valence-electron chi connectivity index (χ1n) is 8.85. The predicted octanol–water partition coefficient (Wildman–Crippen LogP) is 3.67. The third-order valence-electron chi connectivity index (χ3n) is 3.68. The average Bonchev–Trinajstić information content (AvgIpc) is 2.52. The summed E-state index contributed by atoms with van der Waals surface area (Å²) in [5, 5.41) is 8.86. The van der Waals surface area contributed by atoms with Gasteiger partial charge in [0.05, 0.1) is 12.3 Å². The number of carbonyl (C=O) groups is 2. The Labute approximate surface area is 140 Å². The fourth-order valence-electron chi connectivity index (χ4n) is 2.35. The third-order valence-corrected chi connectivity index (χ3v) is 3.68. The summed E-state index contributed by atoms with van der Waals surface area (Å²) < 4.78 is 4.94. The molecule has 0 aromatic carbocycles. The van der Waals surface area contributed by atoms with E-state index in [-0.39, 0.29) is 19.6 Å². The van der Waals surface area contributed by atoms with Crippen LogP contribution in [-0.2, 0) is 14.3 Å². The Kier molecular flexibility index (Phi) is 14.6. The van der Waals surface area contributed by atoms with Crippen LogP contribution in [0.5, 0.6) is 0 Å². The van der Waals surface area contributed by atoms with E-state index in [0.717, 1.165) is 12.8 Å². The molecule has 0 aliphatic rings. The molecule has 0 spiro atoms. The molecule has 0 aliphatic carbocycles. The molecule has 0 saturated heterocycles. The summed E-state index contributed by atoms with van der Waals surface area (Å²) in [6, 6.07) is 0. The van der Waals surface area contributed by atoms with Gasteiger partial charge in [-0.2, -0.15) is 0 Å². The number of hydrogen-bond acceptors (Lipinski definition) is 4. The third kappa shape index (κ3) is 14.0. The van der Waals surface area contributed by atoms with Crippen LogP contribution >= 0.6 is 0 Å². The van der Waals surface area contributed by atoms with Crippen molar-refractivity contribution < 1.29 is 19.4 Å². The zero-order valence-corrected chi connectivity index (χ0v) is 14.5. The van der Waals surface area contributed by atoms with Gasteiger partial charge in [-0.25, -0.2) is 0 Å². The van der Waals surface area contributed by atoms with Gasteiger partial charge in [-0.1, -0.05) is 57.6 Å². The fourth-order valence-corrected chi connectivity index (χ4v) is 2.35. The number of allylic oxidation sites excluding steroid dienone is 2. The van der Waals surface area contributed by atoms with E-state index in [9.17, 15) is 9.59 Å². The molecule has 0 aromatic rings. The van der Waals surface area contributed by atoms with E-state index in [1.807, 2.05) is 12.2 Å². The quantitative estimate of drug-likeness (QED) is 0.272. The molecule has 0 fully saturated rings. The molecule has 134 valence electrons. The first kappa shape index (κ1) is 21.6. The number of esters is 1. The summed E-state index contributed by atoms with van der Waals surface area (Å²) in [6.45, 7) is 2.60. The van der Waals surface area contributed by atoms with Crippen molar-refractivity contribution in [2.75, 3.05) is 13.2 Å². The lowest BCUT2D eigenvalue weighted by atomic mass is 10.0. The first-order chi connectivity index (χ1) is 11.1. The highest BCUT2D eigenvalue weighted by atomic mass is 16.5. The minimum absolute atomic E-state index is 0.136. The van der Waals surface area contributed by atoms with Crippen LogP contribution in [0, 0.1) is 5.92 Å². The summed E-state index contributed by atoms with van der Waals surface area (Å²) >= 11 is 0. The van der Waals surface area contributed by atoms with E-state index >= 15 is 0 Å². The molecule has 1 atom stereocenters. The second-order valence-corrected chi connectivity index (χ2v) is 5.87. The standard InChI is InChI=1S/C18H33NO4/c1-2-3-4-5-6-7-8-9-10-11-12-16(15-17(20)21)18(22)23-14-13-19/h10-11,16H,2-9,12-15,19H2,1H3,(H,20,21). The van der Waals surface area contributed by atoms with Gasteiger partial charge in [0.2, 0.25) is 0 Å². The van der Waals surface area contributed by atoms with Crippen molar-refractivity contribution in [3.05, 3.63) is 12.2 Å². The minimum atomic E-state index is -0.986. The first-order valence-corrected chi connectivity index (χ1v) is 8.85. The number of hydrogen-bond donors (Lipinski definition) is 2. The molecule has 1 unspecified atom stereocenters. The van der Waals surface area contributed by atoms with Crippen molar-refractivity contribution in [1.82, 2.24) is 0 Å². The molecule has 0 aromatic heterocycles. The highest BCUT2D eigenvalue weighted by Crippen LogP contribution is 2.13. The Balaban J connectivity index is 3.87. The fraction of sp³-hybridized carbons (Fsp3) is 0.778. The molecule has 5 nitrogen and oxygen atoms in total. The Bertz CT molecular complexity index is 342. The van der Waals surface area contributed by atoms with Crippen LogP contribution in [0.3, 0.4) is 0 Å². The summed E-state index contributed by atoms with van der Waals surface area (Å²) in [6.07, 6.45) is 14.0. The maximum absolute atomic E-state index is 11.8. The van der Waals surface area contributed by atoms with Gasteiger partial charge < -0.3 is 15.6 Å². The Morgan fingerprint density at radius 1 is 1.09 bits per heavy atom. The van der Waals surface area contributed by atoms with Gasteiger partial charge in [0.25, 0.3) is 0 Å². The SMILES string of the molecule is CCCCCCCCCC=CCC(CC(=O)O)C(=O)OCCN. The molecule has 0 rings (SSSR count). The number of carboxylic acid groups (broad SMARTS) is 1. The summed E-state index contributed by atoms with van der Waals surface area (Å²) in [5.74, 6) is -2.08. The molecule has 0 saturated carbocycles. The average molecular weight is 327 g/mol. The number of carbonyl (C=O) groups excluding carboxylic acids is 1. The molecule has 0 bridgehead atoms. The Morgan fingerprint density at radius 3 is 2.35 bits per heavy atom. The Morgan fingerprint density at radius 2 is 1.74 bits per heavy atom. The molecule has 3 N–H and O–H groups in total. The number of ether oxygens (including phenoxy) is 1. The van der Waals surface area contributed by atoms with Crippen molar-refractivity contribution >= 4 is 11.9 Å². The second kappa shape index (κ2) is 15.5. The maximum Gasteiger partial charge on any atom is 0.309 e. The molecule has 0 heterocycles. The van der Waals surface area contributed by atoms with E-state index in [2.05, 4.69) is 6.92 Å². The van der Waals surface area contributed by atoms with E-state index in [1.165, 1.54) is 38.5 Å². The minimum Gasteiger partial charge on any atom is -0.481 e. The number of unbranched alkanes of at least 4 members (excludes halogenated alkanes) is 7. The van der Waals surface area contributed by atoms with Crippen LogP contribution in [-0.4, -0.2) is 30.2 Å². The lowest BCUT2D eigenvalue weighted by Crippen LogP contribution is -2.23. The molecular weight excluding hydrogens is 294 g/mol. The molecule has 0 aliphatic heterocycles. The van der Waals surface area contributed by atoms with Gasteiger partial charge in [-0.05, 0) is 19.3 Å². The van der Waals surface area contributed by atoms with Crippen molar-refractivity contribution in [2.45, 2.75) is 71.1 Å². The van der Waals surface area contributed by atoms with Crippen molar-refractivity contribution in [3.8, 4) is 0 Å². The molecule has 0 amide bonds. The van der Waals surface area contributed by atoms with Crippen molar-refractivity contribution in [2.24, 2.45) is 11.7 Å². The zero-order chi connectivity index (χ0) is 17.3. The van der Waals surface area contributed by atoms with E-state index in [0.29, 0.717) is 6.42 Å². The second-order valence-electron chi connectivity index (χ2n) is 5.87. The van der Waals surface area contributed by atoms with Crippen LogP contribution < -0.4 is 5.73 Å². The topological polar surface area (TPSA) is 89.6 Å².